The molecule has 100 valence electrons. The van der Waals surface area contributed by atoms with Gasteiger partial charge < -0.3 is 10.8 Å². The molecule has 3 N–H and O–H groups in total. The minimum absolute atomic E-state index is 0.199. The molecule has 0 saturated heterocycles. The van der Waals surface area contributed by atoms with Crippen LogP contribution in [-0.4, -0.2) is 17.8 Å². The number of halogens is 2. The second kappa shape index (κ2) is 5.91. The molecular weight excluding hydrogens is 314 g/mol. The molecule has 0 heterocycles. The van der Waals surface area contributed by atoms with E-state index in [9.17, 15) is 5.11 Å². The lowest BCUT2D eigenvalue weighted by molar-refractivity contribution is -0.00583. The van der Waals surface area contributed by atoms with E-state index in [4.69, 9.17) is 17.3 Å². The van der Waals surface area contributed by atoms with Crippen molar-refractivity contribution >= 4 is 27.5 Å². The zero-order valence-electron chi connectivity index (χ0n) is 10.3. The third kappa shape index (κ3) is 2.90. The molecule has 0 amide bonds. The van der Waals surface area contributed by atoms with Crippen molar-refractivity contribution in [3.63, 3.8) is 0 Å². The molecule has 1 aromatic carbocycles. The average Bonchev–Trinajstić information content (AvgIpc) is 2.35. The molecular formula is C14H19BrClNO. The van der Waals surface area contributed by atoms with E-state index < -0.39 is 0 Å². The summed E-state index contributed by atoms with van der Waals surface area (Å²) in [6.45, 7) is 0.514. The first-order valence-electron chi connectivity index (χ1n) is 6.39. The topological polar surface area (TPSA) is 46.2 Å². The highest BCUT2D eigenvalue weighted by molar-refractivity contribution is 9.10. The molecule has 18 heavy (non-hydrogen) atoms. The highest BCUT2D eigenvalue weighted by Crippen LogP contribution is 2.40. The van der Waals surface area contributed by atoms with Crippen molar-refractivity contribution in [2.24, 2.45) is 11.1 Å². The van der Waals surface area contributed by atoms with Crippen LogP contribution in [0, 0.1) is 5.41 Å². The van der Waals surface area contributed by atoms with Crippen LogP contribution in [-0.2, 0) is 6.42 Å². The summed E-state index contributed by atoms with van der Waals surface area (Å²) in [5.41, 5.74) is 6.82. The van der Waals surface area contributed by atoms with Crippen molar-refractivity contribution in [2.45, 2.75) is 38.2 Å². The third-order valence-corrected chi connectivity index (χ3v) is 4.92. The molecule has 2 rings (SSSR count). The lowest BCUT2D eigenvalue weighted by atomic mass is 9.68. The maximum atomic E-state index is 10.3. The smallest absolute Gasteiger partial charge is 0.0611 e. The lowest BCUT2D eigenvalue weighted by Gasteiger charge is -2.41. The highest BCUT2D eigenvalue weighted by atomic mass is 79.9. The van der Waals surface area contributed by atoms with Crippen LogP contribution in [0.25, 0.3) is 0 Å². The zero-order valence-corrected chi connectivity index (χ0v) is 12.7. The molecule has 4 heteroatoms. The predicted octanol–water partition coefficient (Wildman–Crippen LogP) is 3.53. The Morgan fingerprint density at radius 3 is 2.83 bits per heavy atom. The minimum Gasteiger partial charge on any atom is -0.392 e. The Balaban J connectivity index is 2.24. The van der Waals surface area contributed by atoms with Gasteiger partial charge in [-0.2, -0.15) is 0 Å². The van der Waals surface area contributed by atoms with Gasteiger partial charge in [0.15, 0.2) is 0 Å². The SMILES string of the molecule is NCC1(Cc2ccc(Br)cc2Cl)CCCCC1O. The summed E-state index contributed by atoms with van der Waals surface area (Å²) >= 11 is 9.67. The molecule has 0 aliphatic heterocycles. The predicted molar refractivity (Wildman–Crippen MR) is 78.8 cm³/mol. The summed E-state index contributed by atoms with van der Waals surface area (Å²) in [6.07, 6.45) is 4.52. The summed E-state index contributed by atoms with van der Waals surface area (Å²) < 4.78 is 0.974. The summed E-state index contributed by atoms with van der Waals surface area (Å²) in [5, 5.41) is 11.0. The number of rotatable bonds is 3. The van der Waals surface area contributed by atoms with Crippen molar-refractivity contribution in [3.05, 3.63) is 33.3 Å². The van der Waals surface area contributed by atoms with Crippen LogP contribution in [0.3, 0.4) is 0 Å². The fraction of sp³-hybridized carbons (Fsp3) is 0.571. The summed E-state index contributed by atoms with van der Waals surface area (Å²) in [7, 11) is 0. The summed E-state index contributed by atoms with van der Waals surface area (Å²) in [4.78, 5) is 0. The van der Waals surface area contributed by atoms with E-state index >= 15 is 0 Å². The molecule has 2 unspecified atom stereocenters. The van der Waals surface area contributed by atoms with Crippen LogP contribution < -0.4 is 5.73 Å². The standard InChI is InChI=1S/C14H19BrClNO/c15-11-5-4-10(12(16)7-11)8-14(9-17)6-2-1-3-13(14)18/h4-5,7,13,18H,1-3,6,8-9,17H2. The second-order valence-corrected chi connectivity index (χ2v) is 6.56. The molecule has 0 spiro atoms. The number of benzene rings is 1. The fourth-order valence-electron chi connectivity index (χ4n) is 2.85. The van der Waals surface area contributed by atoms with Gasteiger partial charge in [-0.25, -0.2) is 0 Å². The monoisotopic (exact) mass is 331 g/mol. The van der Waals surface area contributed by atoms with Crippen LogP contribution >= 0.6 is 27.5 Å². The van der Waals surface area contributed by atoms with Crippen LogP contribution in [0.1, 0.15) is 31.2 Å². The van der Waals surface area contributed by atoms with Gasteiger partial charge in [-0.15, -0.1) is 0 Å². The largest absolute Gasteiger partial charge is 0.392 e. The average molecular weight is 333 g/mol. The van der Waals surface area contributed by atoms with Crippen molar-refractivity contribution in [3.8, 4) is 0 Å². The van der Waals surface area contributed by atoms with Gasteiger partial charge in [-0.1, -0.05) is 46.4 Å². The maximum Gasteiger partial charge on any atom is 0.0611 e. The molecule has 1 aliphatic carbocycles. The van der Waals surface area contributed by atoms with Gasteiger partial charge in [0.05, 0.1) is 6.10 Å². The Hall–Kier alpha value is -0.0900. The number of aliphatic hydroxyl groups is 1. The van der Waals surface area contributed by atoms with Crippen LogP contribution in [0.4, 0.5) is 0 Å². The number of nitrogens with two attached hydrogens (primary N) is 1. The first-order valence-corrected chi connectivity index (χ1v) is 7.56. The maximum absolute atomic E-state index is 10.3. The molecule has 1 aromatic rings. The van der Waals surface area contributed by atoms with Gasteiger partial charge >= 0.3 is 0 Å². The van der Waals surface area contributed by atoms with Gasteiger partial charge in [0.2, 0.25) is 0 Å². The molecule has 2 nitrogen and oxygen atoms in total. The van der Waals surface area contributed by atoms with Gasteiger partial charge in [-0.3, -0.25) is 0 Å². The number of aliphatic hydroxyl groups excluding tert-OH is 1. The van der Waals surface area contributed by atoms with Crippen molar-refractivity contribution < 1.29 is 5.11 Å². The third-order valence-electron chi connectivity index (χ3n) is 4.07. The van der Waals surface area contributed by atoms with Crippen LogP contribution in [0.5, 0.6) is 0 Å². The van der Waals surface area contributed by atoms with Gasteiger partial charge in [-0.05, 0) is 37.0 Å². The van der Waals surface area contributed by atoms with E-state index in [0.29, 0.717) is 6.54 Å². The van der Waals surface area contributed by atoms with Crippen molar-refractivity contribution in [1.82, 2.24) is 0 Å². The summed E-state index contributed by atoms with van der Waals surface area (Å²) in [6, 6.07) is 5.90. The molecule has 0 bridgehead atoms. The Labute approximate surface area is 122 Å². The molecule has 0 radical (unpaired) electrons. The van der Waals surface area contributed by atoms with Crippen molar-refractivity contribution in [1.29, 1.82) is 0 Å². The van der Waals surface area contributed by atoms with Gasteiger partial charge in [0.1, 0.15) is 0 Å². The first kappa shape index (κ1) is 14.3. The quantitative estimate of drug-likeness (QED) is 0.889. The second-order valence-electron chi connectivity index (χ2n) is 5.24. The van der Waals surface area contributed by atoms with Crippen LogP contribution in [0.2, 0.25) is 5.02 Å². The zero-order chi connectivity index (χ0) is 13.2. The van der Waals surface area contributed by atoms with Gasteiger partial charge in [0.25, 0.3) is 0 Å². The lowest BCUT2D eigenvalue weighted by Crippen LogP contribution is -2.45. The molecule has 0 aromatic heterocycles. The molecule has 2 atom stereocenters. The highest BCUT2D eigenvalue weighted by Gasteiger charge is 2.39. The van der Waals surface area contributed by atoms with E-state index in [1.807, 2.05) is 18.2 Å². The van der Waals surface area contributed by atoms with E-state index in [0.717, 1.165) is 47.2 Å². The fourth-order valence-corrected chi connectivity index (χ4v) is 3.59. The number of hydrogen-bond acceptors (Lipinski definition) is 2. The molecule has 1 saturated carbocycles. The number of hydrogen-bond donors (Lipinski definition) is 2. The van der Waals surface area contributed by atoms with E-state index in [1.54, 1.807) is 0 Å². The van der Waals surface area contributed by atoms with E-state index in [1.165, 1.54) is 0 Å². The Morgan fingerprint density at radius 2 is 2.22 bits per heavy atom. The van der Waals surface area contributed by atoms with Crippen LogP contribution in [0.15, 0.2) is 22.7 Å². The van der Waals surface area contributed by atoms with Gasteiger partial charge in [0, 0.05) is 21.5 Å². The minimum atomic E-state index is -0.309. The first-order chi connectivity index (χ1) is 8.57. The normalized spacial score (nSPS) is 28.3. The molecule has 1 aliphatic rings. The Kier molecular flexibility index (Phi) is 4.70. The van der Waals surface area contributed by atoms with E-state index in [2.05, 4.69) is 15.9 Å². The Morgan fingerprint density at radius 1 is 1.44 bits per heavy atom. The summed E-state index contributed by atoms with van der Waals surface area (Å²) in [5.74, 6) is 0. The molecule has 1 fully saturated rings. The van der Waals surface area contributed by atoms with E-state index in [-0.39, 0.29) is 11.5 Å². The Bertz CT molecular complexity index is 426. The van der Waals surface area contributed by atoms with Crippen molar-refractivity contribution in [2.75, 3.05) is 6.54 Å².